The Morgan fingerprint density at radius 3 is 3.00 bits per heavy atom. The molecule has 1 unspecified atom stereocenters. The predicted octanol–water partition coefficient (Wildman–Crippen LogP) is 3.91. The molecule has 0 bridgehead atoms. The average molecular weight is 282 g/mol. The van der Waals surface area contributed by atoms with Crippen molar-refractivity contribution in [2.75, 3.05) is 17.7 Å². The van der Waals surface area contributed by atoms with Gasteiger partial charge in [0.1, 0.15) is 0 Å². The molecule has 1 N–H and O–H groups in total. The van der Waals surface area contributed by atoms with Gasteiger partial charge in [-0.1, -0.05) is 18.7 Å². The zero-order chi connectivity index (χ0) is 13.7. The average Bonchev–Trinajstić information content (AvgIpc) is 2.42. The smallest absolute Gasteiger partial charge is 0.167 e. The van der Waals surface area contributed by atoms with Gasteiger partial charge in [-0.15, -0.1) is 0 Å². The number of aliphatic imine (C=N–C) groups is 1. The van der Waals surface area contributed by atoms with Gasteiger partial charge in [0.2, 0.25) is 0 Å². The first-order valence-electron chi connectivity index (χ1n) is 6.63. The van der Waals surface area contributed by atoms with E-state index < -0.39 is 0 Å². The molecule has 3 nitrogen and oxygen atoms in total. The van der Waals surface area contributed by atoms with Crippen molar-refractivity contribution in [3.63, 3.8) is 0 Å². The van der Waals surface area contributed by atoms with Crippen LogP contribution in [0.3, 0.4) is 0 Å². The van der Waals surface area contributed by atoms with Crippen molar-refractivity contribution in [2.24, 2.45) is 4.99 Å². The summed E-state index contributed by atoms with van der Waals surface area (Å²) in [5, 5.41) is 4.05. The molecule has 1 heterocycles. The molecule has 0 amide bonds. The summed E-state index contributed by atoms with van der Waals surface area (Å²) in [4.78, 5) is 4.60. The molecule has 5 heteroatoms. The summed E-state index contributed by atoms with van der Waals surface area (Å²) in [5.74, 6) is 1.00. The molecular weight excluding hydrogens is 263 g/mol. The van der Waals surface area contributed by atoms with Crippen LogP contribution in [0.2, 0.25) is 0 Å². The summed E-state index contributed by atoms with van der Waals surface area (Å²) < 4.78 is 18.9. The predicted molar refractivity (Wildman–Crippen MR) is 79.8 cm³/mol. The Bertz CT molecular complexity index is 465. The summed E-state index contributed by atoms with van der Waals surface area (Å²) in [7, 11) is 0. The standard InChI is InChI=1S/C14H19FN2OS/c1-3-10-7-8-19-14(16-10)17-11-5-6-13(18-4-2)12(15)9-11/h5-6,9-10H,3-4,7-8H2,1-2H3,(H,16,17). The van der Waals surface area contributed by atoms with Crippen molar-refractivity contribution >= 4 is 22.6 Å². The number of thioether (sulfide) groups is 1. The monoisotopic (exact) mass is 282 g/mol. The van der Waals surface area contributed by atoms with E-state index in [0.717, 1.165) is 23.8 Å². The van der Waals surface area contributed by atoms with Crippen LogP contribution >= 0.6 is 11.8 Å². The van der Waals surface area contributed by atoms with Gasteiger partial charge in [0.05, 0.1) is 12.6 Å². The van der Waals surface area contributed by atoms with Crippen molar-refractivity contribution in [2.45, 2.75) is 32.7 Å². The molecular formula is C14H19FN2OS. The van der Waals surface area contributed by atoms with E-state index in [-0.39, 0.29) is 11.6 Å². The highest BCUT2D eigenvalue weighted by molar-refractivity contribution is 8.14. The van der Waals surface area contributed by atoms with E-state index in [1.54, 1.807) is 17.8 Å². The van der Waals surface area contributed by atoms with Crippen LogP contribution in [0.25, 0.3) is 0 Å². The molecule has 0 fully saturated rings. The SMILES string of the molecule is CCOc1ccc(NC2=NC(CC)CCS2)cc1F. The highest BCUT2D eigenvalue weighted by Crippen LogP contribution is 2.24. The van der Waals surface area contributed by atoms with Crippen molar-refractivity contribution in [3.8, 4) is 5.75 Å². The topological polar surface area (TPSA) is 33.6 Å². The number of benzene rings is 1. The molecule has 0 aliphatic carbocycles. The van der Waals surface area contributed by atoms with Crippen molar-refractivity contribution in [1.82, 2.24) is 0 Å². The van der Waals surface area contributed by atoms with Crippen molar-refractivity contribution < 1.29 is 9.13 Å². The molecule has 1 atom stereocenters. The normalized spacial score (nSPS) is 18.9. The lowest BCUT2D eigenvalue weighted by Crippen LogP contribution is -2.19. The van der Waals surface area contributed by atoms with Gasteiger partial charge in [-0.2, -0.15) is 0 Å². The third-order valence-electron chi connectivity index (χ3n) is 2.94. The van der Waals surface area contributed by atoms with Crippen LogP contribution in [0.4, 0.5) is 10.1 Å². The van der Waals surface area contributed by atoms with Crippen LogP contribution in [0.5, 0.6) is 5.75 Å². The second-order valence-corrected chi connectivity index (χ2v) is 5.42. The highest BCUT2D eigenvalue weighted by atomic mass is 32.2. The van der Waals surface area contributed by atoms with Gasteiger partial charge < -0.3 is 10.1 Å². The Balaban J connectivity index is 2.07. The summed E-state index contributed by atoms with van der Waals surface area (Å²) in [5.41, 5.74) is 0.712. The van der Waals surface area contributed by atoms with E-state index in [4.69, 9.17) is 4.74 Å². The number of hydrogen-bond acceptors (Lipinski definition) is 4. The molecule has 0 saturated carbocycles. The Hall–Kier alpha value is -1.23. The number of halogens is 1. The first-order valence-corrected chi connectivity index (χ1v) is 7.61. The lowest BCUT2D eigenvalue weighted by atomic mass is 10.2. The molecule has 1 aromatic carbocycles. The Labute approximate surface area is 117 Å². The van der Waals surface area contributed by atoms with Crippen LogP contribution in [0.15, 0.2) is 23.2 Å². The van der Waals surface area contributed by atoms with E-state index in [0.29, 0.717) is 18.3 Å². The van der Waals surface area contributed by atoms with Gasteiger partial charge in [0, 0.05) is 17.5 Å². The lowest BCUT2D eigenvalue weighted by molar-refractivity contribution is 0.321. The number of amidine groups is 1. The molecule has 19 heavy (non-hydrogen) atoms. The minimum Gasteiger partial charge on any atom is -0.491 e. The maximum Gasteiger partial charge on any atom is 0.167 e. The summed E-state index contributed by atoms with van der Waals surface area (Å²) in [6, 6.07) is 5.29. The fourth-order valence-corrected chi connectivity index (χ4v) is 2.89. The minimum absolute atomic E-state index is 0.290. The summed E-state index contributed by atoms with van der Waals surface area (Å²) in [6.45, 7) is 4.44. The number of rotatable bonds is 4. The van der Waals surface area contributed by atoms with Crippen molar-refractivity contribution in [1.29, 1.82) is 0 Å². The minimum atomic E-state index is -0.347. The molecule has 1 aromatic rings. The Kier molecular flexibility index (Phi) is 5.07. The van der Waals surface area contributed by atoms with E-state index in [1.165, 1.54) is 6.07 Å². The van der Waals surface area contributed by atoms with Crippen molar-refractivity contribution in [3.05, 3.63) is 24.0 Å². The van der Waals surface area contributed by atoms with Gasteiger partial charge in [-0.05, 0) is 31.9 Å². The second-order valence-electron chi connectivity index (χ2n) is 4.34. The molecule has 0 spiro atoms. The van der Waals surface area contributed by atoms with E-state index in [2.05, 4.69) is 17.2 Å². The van der Waals surface area contributed by atoms with Crippen LogP contribution < -0.4 is 10.1 Å². The van der Waals surface area contributed by atoms with Crippen LogP contribution in [0.1, 0.15) is 26.7 Å². The second kappa shape index (κ2) is 6.80. The fraction of sp³-hybridized carbons (Fsp3) is 0.500. The Morgan fingerprint density at radius 1 is 1.47 bits per heavy atom. The number of anilines is 1. The molecule has 1 aliphatic rings. The van der Waals surface area contributed by atoms with Crippen LogP contribution in [0, 0.1) is 5.82 Å². The molecule has 0 aromatic heterocycles. The molecule has 104 valence electrons. The van der Waals surface area contributed by atoms with Gasteiger partial charge in [0.25, 0.3) is 0 Å². The maximum absolute atomic E-state index is 13.7. The highest BCUT2D eigenvalue weighted by Gasteiger charge is 2.14. The van der Waals surface area contributed by atoms with E-state index in [9.17, 15) is 4.39 Å². The van der Waals surface area contributed by atoms with Gasteiger partial charge in [0.15, 0.2) is 16.7 Å². The zero-order valence-corrected chi connectivity index (χ0v) is 12.1. The number of nitrogens with zero attached hydrogens (tertiary/aromatic N) is 1. The third kappa shape index (κ3) is 3.86. The first kappa shape index (κ1) is 14.2. The summed E-state index contributed by atoms with van der Waals surface area (Å²) in [6.07, 6.45) is 2.16. The number of nitrogens with one attached hydrogen (secondary N) is 1. The fourth-order valence-electron chi connectivity index (χ4n) is 1.90. The molecule has 2 rings (SSSR count). The number of ether oxygens (including phenoxy) is 1. The maximum atomic E-state index is 13.7. The van der Waals surface area contributed by atoms with Crippen LogP contribution in [-0.2, 0) is 0 Å². The largest absolute Gasteiger partial charge is 0.491 e. The third-order valence-corrected chi connectivity index (χ3v) is 3.86. The van der Waals surface area contributed by atoms with E-state index in [1.807, 2.05) is 13.0 Å². The molecule has 0 radical (unpaired) electrons. The molecule has 0 saturated heterocycles. The first-order chi connectivity index (χ1) is 9.22. The zero-order valence-electron chi connectivity index (χ0n) is 11.3. The quantitative estimate of drug-likeness (QED) is 0.909. The van der Waals surface area contributed by atoms with Crippen LogP contribution in [-0.4, -0.2) is 23.6 Å². The van der Waals surface area contributed by atoms with Gasteiger partial charge >= 0.3 is 0 Å². The van der Waals surface area contributed by atoms with E-state index >= 15 is 0 Å². The van der Waals surface area contributed by atoms with Gasteiger partial charge in [-0.25, -0.2) is 4.39 Å². The lowest BCUT2D eigenvalue weighted by Gasteiger charge is -2.19. The van der Waals surface area contributed by atoms with Gasteiger partial charge in [-0.3, -0.25) is 4.99 Å². The Morgan fingerprint density at radius 2 is 2.32 bits per heavy atom. The molecule has 1 aliphatic heterocycles. The number of hydrogen-bond donors (Lipinski definition) is 1. The summed E-state index contributed by atoms with van der Waals surface area (Å²) >= 11 is 1.68.